The topological polar surface area (TPSA) is 96.4 Å². The molecule has 1 atom stereocenters. The molecule has 1 N–H and O–H groups in total. The number of rotatable bonds is 4. The van der Waals surface area contributed by atoms with Crippen molar-refractivity contribution in [1.29, 1.82) is 0 Å². The Morgan fingerprint density at radius 1 is 1.40 bits per heavy atom. The highest BCUT2D eigenvalue weighted by Gasteiger charge is 2.37. The van der Waals surface area contributed by atoms with Gasteiger partial charge in [-0.25, -0.2) is 8.42 Å². The first-order valence-electron chi connectivity index (χ1n) is 6.13. The van der Waals surface area contributed by atoms with E-state index in [1.54, 1.807) is 24.4 Å². The van der Waals surface area contributed by atoms with Crippen molar-refractivity contribution in [2.45, 2.75) is 19.4 Å². The number of carbonyl (C=O) groups is 2. The molecule has 7 nitrogen and oxygen atoms in total. The van der Waals surface area contributed by atoms with E-state index in [4.69, 9.17) is 0 Å². The highest BCUT2D eigenvalue weighted by Crippen LogP contribution is 2.12. The summed E-state index contributed by atoms with van der Waals surface area (Å²) in [5.74, 6) is -1.38. The summed E-state index contributed by atoms with van der Waals surface area (Å²) < 4.78 is 25.4. The number of piperazine rings is 1. The van der Waals surface area contributed by atoms with Gasteiger partial charge in [0.25, 0.3) is 0 Å². The standard InChI is InChI=1S/C12H15N3O4S/c1-9-12(17)14-11(16)8-15(9)20(18,19)7-5-10-4-2-3-6-13-10/h2-4,6,9H,5,7-8H2,1H3,(H,14,16,17). The average Bonchev–Trinajstić information content (AvgIpc) is 2.42. The Labute approximate surface area is 117 Å². The third kappa shape index (κ3) is 3.20. The van der Waals surface area contributed by atoms with Gasteiger partial charge in [0.1, 0.15) is 6.04 Å². The minimum absolute atomic E-state index is 0.186. The van der Waals surface area contributed by atoms with Crippen LogP contribution >= 0.6 is 0 Å². The van der Waals surface area contributed by atoms with Gasteiger partial charge in [0.2, 0.25) is 21.8 Å². The summed E-state index contributed by atoms with van der Waals surface area (Å²) in [4.78, 5) is 26.8. The third-order valence-corrected chi connectivity index (χ3v) is 4.95. The summed E-state index contributed by atoms with van der Waals surface area (Å²) in [7, 11) is -3.68. The van der Waals surface area contributed by atoms with Gasteiger partial charge in [-0.05, 0) is 19.1 Å². The molecular weight excluding hydrogens is 282 g/mol. The van der Waals surface area contributed by atoms with Gasteiger partial charge in [-0.3, -0.25) is 19.9 Å². The Kier molecular flexibility index (Phi) is 4.15. The second-order valence-corrected chi connectivity index (χ2v) is 6.56. The Morgan fingerprint density at radius 2 is 2.15 bits per heavy atom. The predicted octanol–water partition coefficient (Wildman–Crippen LogP) is -0.699. The van der Waals surface area contributed by atoms with Crippen molar-refractivity contribution < 1.29 is 18.0 Å². The summed E-state index contributed by atoms with van der Waals surface area (Å²) in [5, 5.41) is 2.11. The number of nitrogens with one attached hydrogen (secondary N) is 1. The summed E-state index contributed by atoms with van der Waals surface area (Å²) in [6, 6.07) is 4.37. The molecule has 1 saturated heterocycles. The van der Waals surface area contributed by atoms with Gasteiger partial charge in [0, 0.05) is 18.3 Å². The lowest BCUT2D eigenvalue weighted by atomic mass is 10.2. The van der Waals surface area contributed by atoms with Crippen LogP contribution in [0.15, 0.2) is 24.4 Å². The van der Waals surface area contributed by atoms with Crippen LogP contribution < -0.4 is 5.32 Å². The highest BCUT2D eigenvalue weighted by molar-refractivity contribution is 7.89. The summed E-state index contributed by atoms with van der Waals surface area (Å²) in [5.41, 5.74) is 0.650. The number of imide groups is 1. The number of pyridine rings is 1. The molecule has 0 bridgehead atoms. The van der Waals surface area contributed by atoms with Gasteiger partial charge in [-0.2, -0.15) is 4.31 Å². The summed E-state index contributed by atoms with van der Waals surface area (Å²) >= 11 is 0. The maximum absolute atomic E-state index is 12.2. The molecule has 1 aliphatic heterocycles. The molecule has 20 heavy (non-hydrogen) atoms. The van der Waals surface area contributed by atoms with Crippen LogP contribution in [0, 0.1) is 0 Å². The van der Waals surface area contributed by atoms with E-state index >= 15 is 0 Å². The first-order chi connectivity index (χ1) is 9.40. The number of nitrogens with zero attached hydrogens (tertiary/aromatic N) is 2. The van der Waals surface area contributed by atoms with Gasteiger partial charge >= 0.3 is 0 Å². The number of aromatic nitrogens is 1. The molecule has 2 heterocycles. The molecular formula is C12H15N3O4S. The number of aryl methyl sites for hydroxylation is 1. The molecule has 0 saturated carbocycles. The van der Waals surface area contributed by atoms with E-state index < -0.39 is 27.9 Å². The van der Waals surface area contributed by atoms with Crippen LogP contribution in [0.1, 0.15) is 12.6 Å². The van der Waals surface area contributed by atoms with Crippen molar-refractivity contribution in [2.75, 3.05) is 12.3 Å². The van der Waals surface area contributed by atoms with Crippen molar-refractivity contribution >= 4 is 21.8 Å². The van der Waals surface area contributed by atoms with Crippen LogP contribution in [0.4, 0.5) is 0 Å². The van der Waals surface area contributed by atoms with E-state index in [1.807, 2.05) is 0 Å². The van der Waals surface area contributed by atoms with E-state index in [9.17, 15) is 18.0 Å². The lowest BCUT2D eigenvalue weighted by Gasteiger charge is -2.30. The van der Waals surface area contributed by atoms with Crippen molar-refractivity contribution in [2.24, 2.45) is 0 Å². The largest absolute Gasteiger partial charge is 0.294 e. The van der Waals surface area contributed by atoms with E-state index in [-0.39, 0.29) is 18.7 Å². The molecule has 0 radical (unpaired) electrons. The van der Waals surface area contributed by atoms with Crippen LogP contribution in [0.3, 0.4) is 0 Å². The second-order valence-electron chi connectivity index (χ2n) is 4.52. The van der Waals surface area contributed by atoms with Crippen molar-refractivity contribution in [3.05, 3.63) is 30.1 Å². The molecule has 8 heteroatoms. The van der Waals surface area contributed by atoms with Gasteiger partial charge in [0.05, 0.1) is 12.3 Å². The minimum Gasteiger partial charge on any atom is -0.294 e. The number of sulfonamides is 1. The lowest BCUT2D eigenvalue weighted by Crippen LogP contribution is -2.58. The van der Waals surface area contributed by atoms with E-state index in [1.165, 1.54) is 6.92 Å². The minimum atomic E-state index is -3.68. The summed E-state index contributed by atoms with van der Waals surface area (Å²) in [6.45, 7) is 1.14. The van der Waals surface area contributed by atoms with Crippen LogP contribution in [0.5, 0.6) is 0 Å². The second kappa shape index (κ2) is 5.68. The molecule has 1 aliphatic rings. The number of carbonyl (C=O) groups excluding carboxylic acids is 2. The highest BCUT2D eigenvalue weighted by atomic mass is 32.2. The van der Waals surface area contributed by atoms with Crippen molar-refractivity contribution in [3.8, 4) is 0 Å². The molecule has 0 aliphatic carbocycles. The molecule has 2 rings (SSSR count). The fraction of sp³-hybridized carbons (Fsp3) is 0.417. The van der Waals surface area contributed by atoms with Crippen LogP contribution in [-0.4, -0.2) is 47.9 Å². The van der Waals surface area contributed by atoms with Crippen LogP contribution in [0.25, 0.3) is 0 Å². The Bertz CT molecular complexity index is 615. The van der Waals surface area contributed by atoms with Crippen LogP contribution in [0.2, 0.25) is 0 Å². The number of hydrogen-bond acceptors (Lipinski definition) is 5. The molecule has 1 fully saturated rings. The third-order valence-electron chi connectivity index (χ3n) is 3.07. The van der Waals surface area contributed by atoms with E-state index in [2.05, 4.69) is 10.3 Å². The zero-order valence-electron chi connectivity index (χ0n) is 10.9. The molecule has 1 aromatic heterocycles. The molecule has 0 spiro atoms. The molecule has 0 aromatic carbocycles. The lowest BCUT2D eigenvalue weighted by molar-refractivity contribution is -0.136. The Balaban J connectivity index is 2.09. The molecule has 108 valence electrons. The maximum atomic E-state index is 12.2. The summed E-state index contributed by atoms with van der Waals surface area (Å²) in [6.07, 6.45) is 1.82. The van der Waals surface area contributed by atoms with Gasteiger partial charge in [-0.15, -0.1) is 0 Å². The quantitative estimate of drug-likeness (QED) is 0.741. The van der Waals surface area contributed by atoms with E-state index in [0.29, 0.717) is 5.69 Å². The molecule has 2 amide bonds. The fourth-order valence-corrected chi connectivity index (χ4v) is 3.52. The monoisotopic (exact) mass is 297 g/mol. The first kappa shape index (κ1) is 14.6. The predicted molar refractivity (Wildman–Crippen MR) is 71.0 cm³/mol. The van der Waals surface area contributed by atoms with Gasteiger partial charge < -0.3 is 0 Å². The SMILES string of the molecule is CC1C(=O)NC(=O)CN1S(=O)(=O)CCc1ccccn1. The maximum Gasteiger partial charge on any atom is 0.244 e. The number of amides is 2. The molecule has 1 aromatic rings. The van der Waals surface area contributed by atoms with Crippen molar-refractivity contribution in [3.63, 3.8) is 0 Å². The average molecular weight is 297 g/mol. The number of hydrogen-bond donors (Lipinski definition) is 1. The van der Waals surface area contributed by atoms with Crippen molar-refractivity contribution in [1.82, 2.24) is 14.6 Å². The Morgan fingerprint density at radius 3 is 2.80 bits per heavy atom. The zero-order valence-corrected chi connectivity index (χ0v) is 11.8. The normalized spacial score (nSPS) is 20.8. The van der Waals surface area contributed by atoms with Crippen LogP contribution in [-0.2, 0) is 26.0 Å². The Hall–Kier alpha value is -1.80. The van der Waals surface area contributed by atoms with Gasteiger partial charge in [-0.1, -0.05) is 6.07 Å². The molecule has 1 unspecified atom stereocenters. The van der Waals surface area contributed by atoms with Gasteiger partial charge in [0.15, 0.2) is 0 Å². The zero-order chi connectivity index (χ0) is 14.8. The smallest absolute Gasteiger partial charge is 0.244 e. The fourth-order valence-electron chi connectivity index (χ4n) is 1.93. The first-order valence-corrected chi connectivity index (χ1v) is 7.74. The van der Waals surface area contributed by atoms with E-state index in [0.717, 1.165) is 4.31 Å².